The molecule has 0 unspecified atom stereocenters. The van der Waals surface area contributed by atoms with Gasteiger partial charge in [-0.1, -0.05) is 22.6 Å². The van der Waals surface area contributed by atoms with Crippen molar-refractivity contribution in [2.45, 2.75) is 17.3 Å². The van der Waals surface area contributed by atoms with Crippen LogP contribution in [0.3, 0.4) is 0 Å². The molecule has 0 atom stereocenters. The summed E-state index contributed by atoms with van der Waals surface area (Å²) < 4.78 is -0.613. The van der Waals surface area contributed by atoms with Crippen LogP contribution in [0.15, 0.2) is 0 Å². The zero-order chi connectivity index (χ0) is 6.08. The minimum atomic E-state index is -0.770. The van der Waals surface area contributed by atoms with Gasteiger partial charge in [0.1, 0.15) is 3.42 Å². The van der Waals surface area contributed by atoms with E-state index >= 15 is 0 Å². The topological polar surface area (TPSA) is 37.3 Å². The molecule has 0 aliphatic rings. The Hall–Kier alpha value is 1.20. The normalized spacial score (nSPS) is 9.88. The Morgan fingerprint density at radius 2 is 1.88 bits per heavy atom. The van der Waals surface area contributed by atoms with Crippen LogP contribution in [0.1, 0.15) is 15.3 Å². The molecule has 0 fully saturated rings. The van der Waals surface area contributed by atoms with E-state index in [9.17, 15) is 4.79 Å². The summed E-state index contributed by atoms with van der Waals surface area (Å²) in [6.45, 7) is 3.30. The SMILES string of the molecule is CC(C)(I)C(=O)O.[H-].[Na+]. The summed E-state index contributed by atoms with van der Waals surface area (Å²) in [7, 11) is 0. The quantitative estimate of drug-likeness (QED) is 0.339. The van der Waals surface area contributed by atoms with Crippen LogP contribution in [0.25, 0.3) is 0 Å². The molecule has 0 spiro atoms. The zero-order valence-corrected chi connectivity index (χ0v) is 9.39. The van der Waals surface area contributed by atoms with Crippen LogP contribution >= 0.6 is 22.6 Å². The van der Waals surface area contributed by atoms with Gasteiger partial charge in [0.15, 0.2) is 0 Å². The first-order valence-corrected chi connectivity index (χ1v) is 2.95. The van der Waals surface area contributed by atoms with Gasteiger partial charge in [-0.15, -0.1) is 0 Å². The van der Waals surface area contributed by atoms with Crippen LogP contribution in [-0.4, -0.2) is 14.5 Å². The molecule has 0 bridgehead atoms. The first-order valence-electron chi connectivity index (χ1n) is 1.87. The van der Waals surface area contributed by atoms with Crippen LogP contribution < -0.4 is 29.6 Å². The Kier molecular flexibility index (Phi) is 6.09. The van der Waals surface area contributed by atoms with Gasteiger partial charge in [0.2, 0.25) is 0 Å². The van der Waals surface area contributed by atoms with E-state index in [1.165, 1.54) is 0 Å². The van der Waals surface area contributed by atoms with Gasteiger partial charge in [-0.25, -0.2) is 0 Å². The van der Waals surface area contributed by atoms with Gasteiger partial charge in [0.25, 0.3) is 0 Å². The number of carboxylic acids is 1. The van der Waals surface area contributed by atoms with Gasteiger partial charge < -0.3 is 6.53 Å². The third-order valence-corrected chi connectivity index (χ3v) is 0.970. The molecule has 44 valence electrons. The molecular weight excluding hydrogens is 230 g/mol. The van der Waals surface area contributed by atoms with Crippen molar-refractivity contribution in [3.8, 4) is 0 Å². The smallest absolute Gasteiger partial charge is 1.00 e. The van der Waals surface area contributed by atoms with E-state index in [2.05, 4.69) is 0 Å². The third kappa shape index (κ3) is 5.34. The minimum absolute atomic E-state index is 0. The summed E-state index contributed by atoms with van der Waals surface area (Å²) in [5.41, 5.74) is 0. The maximum Gasteiger partial charge on any atom is 1.00 e. The Labute approximate surface area is 85.9 Å². The molecule has 0 saturated heterocycles. The van der Waals surface area contributed by atoms with Crippen LogP contribution in [0, 0.1) is 0 Å². The Morgan fingerprint density at radius 3 is 1.88 bits per heavy atom. The average Bonchev–Trinajstić information content (AvgIpc) is 1.31. The van der Waals surface area contributed by atoms with Crippen LogP contribution in [0.4, 0.5) is 0 Å². The molecule has 8 heavy (non-hydrogen) atoms. The second kappa shape index (κ2) is 4.09. The van der Waals surface area contributed by atoms with Crippen LogP contribution in [-0.2, 0) is 4.79 Å². The van der Waals surface area contributed by atoms with Crippen molar-refractivity contribution in [2.24, 2.45) is 0 Å². The number of rotatable bonds is 1. The number of hydrogen-bond donors (Lipinski definition) is 1. The van der Waals surface area contributed by atoms with E-state index in [0.29, 0.717) is 0 Å². The van der Waals surface area contributed by atoms with Crippen molar-refractivity contribution in [1.29, 1.82) is 0 Å². The molecule has 4 heteroatoms. The van der Waals surface area contributed by atoms with Gasteiger partial charge in [-0.2, -0.15) is 0 Å². The van der Waals surface area contributed by atoms with Gasteiger partial charge in [0.05, 0.1) is 0 Å². The summed E-state index contributed by atoms with van der Waals surface area (Å²) in [6.07, 6.45) is 0. The van der Waals surface area contributed by atoms with E-state index < -0.39 is 9.39 Å². The molecular formula is C4H8INaO2. The number of alkyl halides is 1. The van der Waals surface area contributed by atoms with E-state index in [1.807, 2.05) is 22.6 Å². The van der Waals surface area contributed by atoms with Crippen LogP contribution in [0.2, 0.25) is 0 Å². The van der Waals surface area contributed by atoms with Crippen molar-refractivity contribution in [2.75, 3.05) is 0 Å². The summed E-state index contributed by atoms with van der Waals surface area (Å²) in [4.78, 5) is 10.0. The van der Waals surface area contributed by atoms with E-state index in [-0.39, 0.29) is 31.0 Å². The van der Waals surface area contributed by atoms with Crippen LogP contribution in [0.5, 0.6) is 0 Å². The average molecular weight is 238 g/mol. The Bertz CT molecular complexity index is 91.1. The minimum Gasteiger partial charge on any atom is -1.00 e. The van der Waals surface area contributed by atoms with Crippen molar-refractivity contribution in [3.63, 3.8) is 0 Å². The van der Waals surface area contributed by atoms with Gasteiger partial charge in [-0.05, 0) is 13.8 Å². The molecule has 0 radical (unpaired) electrons. The fraction of sp³-hybridized carbons (Fsp3) is 0.750. The Balaban J connectivity index is -0.000000180. The first-order chi connectivity index (χ1) is 2.94. The van der Waals surface area contributed by atoms with Crippen molar-refractivity contribution < 1.29 is 40.9 Å². The van der Waals surface area contributed by atoms with E-state index in [4.69, 9.17) is 5.11 Å². The molecule has 0 aliphatic carbocycles. The molecule has 0 aromatic heterocycles. The molecule has 2 nitrogen and oxygen atoms in total. The standard InChI is InChI=1S/C4H7IO2.Na.H/c1-4(2,5)3(6)7;;/h1-2H3,(H,6,7);;/q;+1;-1. The van der Waals surface area contributed by atoms with Gasteiger partial charge in [0, 0.05) is 0 Å². The van der Waals surface area contributed by atoms with Crippen molar-refractivity contribution in [1.82, 2.24) is 0 Å². The first kappa shape index (κ1) is 11.9. The predicted octanol–water partition coefficient (Wildman–Crippen LogP) is -1.60. The Morgan fingerprint density at radius 1 is 1.75 bits per heavy atom. The number of halogens is 1. The summed E-state index contributed by atoms with van der Waals surface area (Å²) in [5.74, 6) is -0.770. The molecule has 0 amide bonds. The predicted molar refractivity (Wildman–Crippen MR) is 36.8 cm³/mol. The monoisotopic (exact) mass is 238 g/mol. The fourth-order valence-corrected chi connectivity index (χ4v) is 0. The largest absolute Gasteiger partial charge is 1.00 e. The second-order valence-electron chi connectivity index (χ2n) is 1.78. The summed E-state index contributed by atoms with van der Waals surface area (Å²) in [5, 5.41) is 8.24. The molecule has 0 aromatic rings. The summed E-state index contributed by atoms with van der Waals surface area (Å²) >= 11 is 1.87. The maximum absolute atomic E-state index is 10.0. The van der Waals surface area contributed by atoms with E-state index in [0.717, 1.165) is 0 Å². The maximum atomic E-state index is 10.0. The third-order valence-electron chi connectivity index (χ3n) is 0.509. The summed E-state index contributed by atoms with van der Waals surface area (Å²) in [6, 6.07) is 0. The molecule has 0 rings (SSSR count). The number of carboxylic acid groups (broad SMARTS) is 1. The number of hydrogen-bond acceptors (Lipinski definition) is 1. The van der Waals surface area contributed by atoms with Gasteiger partial charge >= 0.3 is 35.5 Å². The molecule has 0 heterocycles. The molecule has 1 N–H and O–H groups in total. The molecule has 0 saturated carbocycles. The zero-order valence-electron chi connectivity index (χ0n) is 6.23. The van der Waals surface area contributed by atoms with Gasteiger partial charge in [-0.3, -0.25) is 4.79 Å². The van der Waals surface area contributed by atoms with Crippen molar-refractivity contribution >= 4 is 28.6 Å². The number of carbonyl (C=O) groups is 1. The molecule has 0 aliphatic heterocycles. The fourth-order valence-electron chi connectivity index (χ4n) is 0. The molecule has 0 aromatic carbocycles. The van der Waals surface area contributed by atoms with Crippen molar-refractivity contribution in [3.05, 3.63) is 0 Å². The second-order valence-corrected chi connectivity index (χ2v) is 4.47. The van der Waals surface area contributed by atoms with E-state index in [1.54, 1.807) is 13.8 Å². The number of aliphatic carboxylic acids is 1.